The lowest BCUT2D eigenvalue weighted by Crippen LogP contribution is -2.39. The van der Waals surface area contributed by atoms with Gasteiger partial charge in [0, 0.05) is 18.7 Å². The van der Waals surface area contributed by atoms with E-state index in [-0.39, 0.29) is 17.5 Å². The third-order valence-electron chi connectivity index (χ3n) is 4.35. The summed E-state index contributed by atoms with van der Waals surface area (Å²) in [5.74, 6) is 0. The van der Waals surface area contributed by atoms with Gasteiger partial charge in [-0.05, 0) is 36.6 Å². The molecule has 2 aromatic rings. The SMILES string of the molecule is Cc1cccc([N+](=O)[O-])c1S(=O)(=O)NCC1NCCc2ccccc21. The summed E-state index contributed by atoms with van der Waals surface area (Å²) < 4.78 is 27.9. The van der Waals surface area contributed by atoms with Crippen LogP contribution >= 0.6 is 0 Å². The highest BCUT2D eigenvalue weighted by atomic mass is 32.2. The minimum Gasteiger partial charge on any atom is -0.308 e. The maximum absolute atomic E-state index is 12.7. The number of nitrogens with zero attached hydrogens (tertiary/aromatic N) is 1. The Morgan fingerprint density at radius 3 is 2.76 bits per heavy atom. The predicted molar refractivity (Wildman–Crippen MR) is 93.9 cm³/mol. The third-order valence-corrected chi connectivity index (χ3v) is 5.96. The van der Waals surface area contributed by atoms with E-state index in [0.29, 0.717) is 5.56 Å². The molecule has 1 aliphatic rings. The predicted octanol–water partition coefficient (Wildman–Crippen LogP) is 2.07. The summed E-state index contributed by atoms with van der Waals surface area (Å²) in [5, 5.41) is 14.5. The first-order chi connectivity index (χ1) is 11.9. The molecule has 0 saturated carbocycles. The molecular weight excluding hydrogens is 342 g/mol. The van der Waals surface area contributed by atoms with E-state index < -0.39 is 20.6 Å². The zero-order valence-corrected chi connectivity index (χ0v) is 14.5. The van der Waals surface area contributed by atoms with Crippen LogP contribution in [0.25, 0.3) is 0 Å². The van der Waals surface area contributed by atoms with Crippen molar-refractivity contribution >= 4 is 15.7 Å². The molecule has 8 heteroatoms. The Morgan fingerprint density at radius 1 is 1.24 bits per heavy atom. The zero-order chi connectivity index (χ0) is 18.0. The number of sulfonamides is 1. The van der Waals surface area contributed by atoms with E-state index in [0.717, 1.165) is 18.5 Å². The molecule has 3 rings (SSSR count). The monoisotopic (exact) mass is 361 g/mol. The van der Waals surface area contributed by atoms with Gasteiger partial charge in [-0.3, -0.25) is 10.1 Å². The van der Waals surface area contributed by atoms with Crippen molar-refractivity contribution in [1.82, 2.24) is 10.0 Å². The lowest BCUT2D eigenvalue weighted by atomic mass is 9.95. The Bertz CT molecular complexity index is 912. The summed E-state index contributed by atoms with van der Waals surface area (Å²) in [4.78, 5) is 10.2. The van der Waals surface area contributed by atoms with Gasteiger partial charge in [-0.1, -0.05) is 36.4 Å². The first kappa shape index (κ1) is 17.5. The summed E-state index contributed by atoms with van der Waals surface area (Å²) in [7, 11) is -4.00. The van der Waals surface area contributed by atoms with E-state index in [2.05, 4.69) is 10.0 Å². The number of benzene rings is 2. The van der Waals surface area contributed by atoms with E-state index in [1.165, 1.54) is 17.7 Å². The average Bonchev–Trinajstić information content (AvgIpc) is 2.59. The zero-order valence-electron chi connectivity index (χ0n) is 13.7. The van der Waals surface area contributed by atoms with E-state index >= 15 is 0 Å². The largest absolute Gasteiger partial charge is 0.308 e. The molecule has 132 valence electrons. The van der Waals surface area contributed by atoms with Crippen LogP contribution in [0.2, 0.25) is 0 Å². The molecule has 0 amide bonds. The van der Waals surface area contributed by atoms with Crippen molar-refractivity contribution in [3.8, 4) is 0 Å². The molecule has 0 saturated heterocycles. The van der Waals surface area contributed by atoms with Crippen molar-refractivity contribution in [1.29, 1.82) is 0 Å². The number of nitrogens with one attached hydrogen (secondary N) is 2. The quantitative estimate of drug-likeness (QED) is 0.627. The first-order valence-corrected chi connectivity index (χ1v) is 9.43. The van der Waals surface area contributed by atoms with Gasteiger partial charge >= 0.3 is 0 Å². The summed E-state index contributed by atoms with van der Waals surface area (Å²) in [6.45, 7) is 2.44. The number of hydrogen-bond donors (Lipinski definition) is 2. The first-order valence-electron chi connectivity index (χ1n) is 7.95. The number of nitro groups is 1. The molecule has 1 aliphatic heterocycles. The molecular formula is C17H19N3O4S. The molecule has 0 spiro atoms. The van der Waals surface area contributed by atoms with Crippen LogP contribution in [0.1, 0.15) is 22.7 Å². The van der Waals surface area contributed by atoms with Gasteiger partial charge in [0.05, 0.1) is 4.92 Å². The molecule has 1 atom stereocenters. The second-order valence-corrected chi connectivity index (χ2v) is 7.69. The highest BCUT2D eigenvalue weighted by Crippen LogP contribution is 2.27. The van der Waals surface area contributed by atoms with Gasteiger partial charge in [0.2, 0.25) is 10.0 Å². The molecule has 1 unspecified atom stereocenters. The number of hydrogen-bond acceptors (Lipinski definition) is 5. The number of aryl methyl sites for hydroxylation is 1. The Labute approximate surface area is 146 Å². The summed E-state index contributed by atoms with van der Waals surface area (Å²) in [6.07, 6.45) is 0.892. The van der Waals surface area contributed by atoms with Gasteiger partial charge in [0.1, 0.15) is 0 Å². The van der Waals surface area contributed by atoms with Crippen molar-refractivity contribution in [2.45, 2.75) is 24.3 Å². The molecule has 0 radical (unpaired) electrons. The van der Waals surface area contributed by atoms with Gasteiger partial charge in [0.15, 0.2) is 4.90 Å². The van der Waals surface area contributed by atoms with Gasteiger partial charge < -0.3 is 5.32 Å². The normalized spacial score (nSPS) is 17.1. The highest BCUT2D eigenvalue weighted by Gasteiger charge is 2.29. The fourth-order valence-electron chi connectivity index (χ4n) is 3.17. The Hall–Kier alpha value is -2.29. The minimum atomic E-state index is -4.00. The Balaban J connectivity index is 1.86. The summed E-state index contributed by atoms with van der Waals surface area (Å²) in [5.41, 5.74) is 2.17. The summed E-state index contributed by atoms with van der Waals surface area (Å²) in [6, 6.07) is 11.9. The van der Waals surface area contributed by atoms with Crippen LogP contribution in [0.15, 0.2) is 47.4 Å². The van der Waals surface area contributed by atoms with E-state index in [9.17, 15) is 18.5 Å². The van der Waals surface area contributed by atoms with E-state index in [1.807, 2.05) is 24.3 Å². The van der Waals surface area contributed by atoms with Gasteiger partial charge in [-0.25, -0.2) is 13.1 Å². The maximum Gasteiger partial charge on any atom is 0.289 e. The molecule has 0 fully saturated rings. The van der Waals surface area contributed by atoms with Crippen LogP contribution in [-0.4, -0.2) is 26.4 Å². The van der Waals surface area contributed by atoms with Gasteiger partial charge in [-0.15, -0.1) is 0 Å². The second kappa shape index (κ2) is 6.91. The molecule has 1 heterocycles. The third kappa shape index (κ3) is 3.55. The topological polar surface area (TPSA) is 101 Å². The molecule has 7 nitrogen and oxygen atoms in total. The maximum atomic E-state index is 12.7. The summed E-state index contributed by atoms with van der Waals surface area (Å²) >= 11 is 0. The molecule has 2 N–H and O–H groups in total. The lowest BCUT2D eigenvalue weighted by Gasteiger charge is -2.27. The Kier molecular flexibility index (Phi) is 4.85. The van der Waals surface area contributed by atoms with Crippen molar-refractivity contribution in [2.24, 2.45) is 0 Å². The van der Waals surface area contributed by atoms with Crippen LogP contribution in [-0.2, 0) is 16.4 Å². The van der Waals surface area contributed by atoms with Crippen LogP contribution in [0, 0.1) is 17.0 Å². The van der Waals surface area contributed by atoms with Crippen LogP contribution in [0.5, 0.6) is 0 Å². The van der Waals surface area contributed by atoms with Crippen molar-refractivity contribution < 1.29 is 13.3 Å². The van der Waals surface area contributed by atoms with Crippen LogP contribution < -0.4 is 10.0 Å². The second-order valence-electron chi connectivity index (χ2n) is 5.99. The number of nitro benzene ring substituents is 1. The molecule has 0 aliphatic carbocycles. The molecule has 2 aromatic carbocycles. The fourth-order valence-corrected chi connectivity index (χ4v) is 4.61. The van der Waals surface area contributed by atoms with Gasteiger partial charge in [0.25, 0.3) is 5.69 Å². The van der Waals surface area contributed by atoms with E-state index in [4.69, 9.17) is 0 Å². The molecule has 0 aromatic heterocycles. The number of rotatable bonds is 5. The Morgan fingerprint density at radius 2 is 2.00 bits per heavy atom. The highest BCUT2D eigenvalue weighted by molar-refractivity contribution is 7.89. The minimum absolute atomic E-state index is 0.130. The lowest BCUT2D eigenvalue weighted by molar-refractivity contribution is -0.387. The standard InChI is InChI=1S/C17H19N3O4S/c1-12-5-4-8-16(20(21)22)17(12)25(23,24)19-11-15-14-7-3-2-6-13(14)9-10-18-15/h2-8,15,18-19H,9-11H2,1H3. The fraction of sp³-hybridized carbons (Fsp3) is 0.294. The number of fused-ring (bicyclic) bond motifs is 1. The average molecular weight is 361 g/mol. The van der Waals surface area contributed by atoms with Crippen LogP contribution in [0.3, 0.4) is 0 Å². The van der Waals surface area contributed by atoms with Crippen molar-refractivity contribution in [3.63, 3.8) is 0 Å². The van der Waals surface area contributed by atoms with Gasteiger partial charge in [-0.2, -0.15) is 0 Å². The molecule has 25 heavy (non-hydrogen) atoms. The van der Waals surface area contributed by atoms with Crippen molar-refractivity contribution in [3.05, 3.63) is 69.3 Å². The molecule has 0 bridgehead atoms. The van der Waals surface area contributed by atoms with Crippen molar-refractivity contribution in [2.75, 3.05) is 13.1 Å². The van der Waals surface area contributed by atoms with E-state index in [1.54, 1.807) is 13.0 Å². The smallest absolute Gasteiger partial charge is 0.289 e. The van der Waals surface area contributed by atoms with Crippen LogP contribution in [0.4, 0.5) is 5.69 Å².